The Bertz CT molecular complexity index is 582. The summed E-state index contributed by atoms with van der Waals surface area (Å²) >= 11 is 7.54. The quantitative estimate of drug-likeness (QED) is 0.890. The first-order chi connectivity index (χ1) is 9.04. The lowest BCUT2D eigenvalue weighted by atomic mass is 10.2. The number of carbonyl (C=O) groups is 1. The highest BCUT2D eigenvalue weighted by Crippen LogP contribution is 2.24. The van der Waals surface area contributed by atoms with E-state index in [1.807, 2.05) is 25.1 Å². The summed E-state index contributed by atoms with van der Waals surface area (Å²) in [6.07, 6.45) is 1.08. The first-order valence-corrected chi connectivity index (χ1v) is 7.31. The largest absolute Gasteiger partial charge is 0.356 e. The molecule has 0 aliphatic carbocycles. The van der Waals surface area contributed by atoms with E-state index in [0.717, 1.165) is 21.6 Å². The van der Waals surface area contributed by atoms with Crippen LogP contribution in [0, 0.1) is 0 Å². The van der Waals surface area contributed by atoms with E-state index in [1.54, 1.807) is 11.3 Å². The number of nitrogens with two attached hydrogens (primary N) is 1. The summed E-state index contributed by atoms with van der Waals surface area (Å²) in [5, 5.41) is 4.53. The molecular weight excluding hydrogens is 282 g/mol. The van der Waals surface area contributed by atoms with Crippen LogP contribution in [-0.2, 0) is 11.2 Å². The van der Waals surface area contributed by atoms with Crippen LogP contribution in [0.4, 0.5) is 0 Å². The van der Waals surface area contributed by atoms with Crippen molar-refractivity contribution in [1.82, 2.24) is 10.3 Å². The standard InChI is InChI=1S/C13H16ClN3OS/c1-8(15)6-12(18)16-5-4-13-17-10-7-9(14)2-3-11(10)19-13/h2-3,7-8H,4-6,15H2,1H3,(H,16,18). The minimum Gasteiger partial charge on any atom is -0.356 e. The predicted octanol–water partition coefficient (Wildman–Crippen LogP) is 2.35. The summed E-state index contributed by atoms with van der Waals surface area (Å²) in [6, 6.07) is 5.57. The van der Waals surface area contributed by atoms with E-state index in [1.165, 1.54) is 0 Å². The smallest absolute Gasteiger partial charge is 0.221 e. The number of thiazole rings is 1. The maximum Gasteiger partial charge on any atom is 0.221 e. The molecule has 1 aromatic carbocycles. The molecule has 6 heteroatoms. The highest BCUT2D eigenvalue weighted by molar-refractivity contribution is 7.18. The average molecular weight is 298 g/mol. The van der Waals surface area contributed by atoms with Gasteiger partial charge in [0.2, 0.25) is 5.91 Å². The minimum atomic E-state index is -0.107. The summed E-state index contributed by atoms with van der Waals surface area (Å²) in [6.45, 7) is 2.40. The number of hydrogen-bond acceptors (Lipinski definition) is 4. The molecule has 0 radical (unpaired) electrons. The molecule has 1 unspecified atom stereocenters. The summed E-state index contributed by atoms with van der Waals surface area (Å²) < 4.78 is 1.11. The van der Waals surface area contributed by atoms with E-state index in [-0.39, 0.29) is 11.9 Å². The Kier molecular flexibility index (Phi) is 4.74. The lowest BCUT2D eigenvalue weighted by molar-refractivity contribution is -0.121. The van der Waals surface area contributed by atoms with Gasteiger partial charge in [-0.25, -0.2) is 4.98 Å². The van der Waals surface area contributed by atoms with Crippen molar-refractivity contribution in [2.24, 2.45) is 5.73 Å². The Morgan fingerprint density at radius 1 is 1.58 bits per heavy atom. The summed E-state index contributed by atoms with van der Waals surface area (Å²) in [5.41, 5.74) is 6.47. The van der Waals surface area contributed by atoms with Crippen molar-refractivity contribution >= 4 is 39.1 Å². The molecule has 2 aromatic rings. The van der Waals surface area contributed by atoms with E-state index >= 15 is 0 Å². The van der Waals surface area contributed by atoms with Gasteiger partial charge in [0.25, 0.3) is 0 Å². The number of nitrogens with zero attached hydrogens (tertiary/aromatic N) is 1. The monoisotopic (exact) mass is 297 g/mol. The van der Waals surface area contributed by atoms with Crippen molar-refractivity contribution < 1.29 is 4.79 Å². The highest BCUT2D eigenvalue weighted by atomic mass is 35.5. The van der Waals surface area contributed by atoms with Gasteiger partial charge < -0.3 is 11.1 Å². The molecule has 0 saturated heterocycles. The van der Waals surface area contributed by atoms with Gasteiger partial charge in [0.05, 0.1) is 15.2 Å². The van der Waals surface area contributed by atoms with Gasteiger partial charge in [-0.2, -0.15) is 0 Å². The number of halogens is 1. The molecule has 0 aliphatic rings. The Morgan fingerprint density at radius 3 is 3.11 bits per heavy atom. The van der Waals surface area contributed by atoms with Crippen molar-refractivity contribution in [3.05, 3.63) is 28.2 Å². The first-order valence-electron chi connectivity index (χ1n) is 6.12. The Balaban J connectivity index is 1.89. The number of rotatable bonds is 5. The maximum absolute atomic E-state index is 11.4. The van der Waals surface area contributed by atoms with Gasteiger partial charge in [-0.05, 0) is 25.1 Å². The summed E-state index contributed by atoms with van der Waals surface area (Å²) in [5.74, 6) is -0.0147. The highest BCUT2D eigenvalue weighted by Gasteiger charge is 2.07. The summed E-state index contributed by atoms with van der Waals surface area (Å²) in [4.78, 5) is 15.9. The second-order valence-electron chi connectivity index (χ2n) is 4.50. The second-order valence-corrected chi connectivity index (χ2v) is 6.05. The Labute approximate surface area is 121 Å². The van der Waals surface area contributed by atoms with Gasteiger partial charge in [-0.15, -0.1) is 11.3 Å². The SMILES string of the molecule is CC(N)CC(=O)NCCc1nc2cc(Cl)ccc2s1. The van der Waals surface area contributed by atoms with Crippen molar-refractivity contribution in [3.63, 3.8) is 0 Å². The third-order valence-electron chi connectivity index (χ3n) is 2.56. The third kappa shape index (κ3) is 4.16. The second kappa shape index (κ2) is 6.32. The normalized spacial score (nSPS) is 12.6. The van der Waals surface area contributed by atoms with Gasteiger partial charge >= 0.3 is 0 Å². The van der Waals surface area contributed by atoms with Crippen LogP contribution < -0.4 is 11.1 Å². The molecule has 0 fully saturated rings. The number of fused-ring (bicyclic) bond motifs is 1. The van der Waals surface area contributed by atoms with Crippen LogP contribution in [0.5, 0.6) is 0 Å². The molecule has 1 aromatic heterocycles. The molecule has 2 rings (SSSR count). The van der Waals surface area contributed by atoms with Crippen molar-refractivity contribution in [2.75, 3.05) is 6.54 Å². The zero-order valence-electron chi connectivity index (χ0n) is 10.6. The van der Waals surface area contributed by atoms with E-state index in [9.17, 15) is 4.79 Å². The number of nitrogens with one attached hydrogen (secondary N) is 1. The van der Waals surface area contributed by atoms with Crippen LogP contribution in [0.1, 0.15) is 18.4 Å². The lowest BCUT2D eigenvalue weighted by Crippen LogP contribution is -2.31. The van der Waals surface area contributed by atoms with Crippen LogP contribution >= 0.6 is 22.9 Å². The number of amides is 1. The van der Waals surface area contributed by atoms with Crippen LogP contribution in [0.2, 0.25) is 5.02 Å². The average Bonchev–Trinajstić information content (AvgIpc) is 2.69. The fourth-order valence-electron chi connectivity index (χ4n) is 1.73. The molecule has 0 spiro atoms. The molecule has 1 atom stereocenters. The molecule has 0 aliphatic heterocycles. The lowest BCUT2D eigenvalue weighted by Gasteiger charge is -2.05. The Morgan fingerprint density at radius 2 is 2.37 bits per heavy atom. The molecule has 0 bridgehead atoms. The van der Waals surface area contributed by atoms with E-state index < -0.39 is 0 Å². The molecule has 3 N–H and O–H groups in total. The van der Waals surface area contributed by atoms with E-state index in [4.69, 9.17) is 17.3 Å². The van der Waals surface area contributed by atoms with Crippen molar-refractivity contribution in [1.29, 1.82) is 0 Å². The Hall–Kier alpha value is -1.17. The van der Waals surface area contributed by atoms with Crippen molar-refractivity contribution in [2.45, 2.75) is 25.8 Å². The third-order valence-corrected chi connectivity index (χ3v) is 3.89. The molecule has 1 heterocycles. The zero-order chi connectivity index (χ0) is 13.8. The van der Waals surface area contributed by atoms with E-state index in [0.29, 0.717) is 18.0 Å². The molecule has 1 amide bonds. The van der Waals surface area contributed by atoms with Gasteiger partial charge in [-0.1, -0.05) is 11.6 Å². The predicted molar refractivity (Wildman–Crippen MR) is 79.6 cm³/mol. The fourth-order valence-corrected chi connectivity index (χ4v) is 2.84. The first kappa shape index (κ1) is 14.2. The number of aromatic nitrogens is 1. The molecule has 4 nitrogen and oxygen atoms in total. The van der Waals surface area contributed by atoms with Gasteiger partial charge in [0.15, 0.2) is 0 Å². The van der Waals surface area contributed by atoms with Gasteiger partial charge in [0.1, 0.15) is 0 Å². The van der Waals surface area contributed by atoms with Crippen LogP contribution in [-0.4, -0.2) is 23.5 Å². The molecule has 102 valence electrons. The molecular formula is C13H16ClN3OS. The number of carbonyl (C=O) groups excluding carboxylic acids is 1. The van der Waals surface area contributed by atoms with Crippen LogP contribution in [0.25, 0.3) is 10.2 Å². The maximum atomic E-state index is 11.4. The van der Waals surface area contributed by atoms with Crippen LogP contribution in [0.3, 0.4) is 0 Å². The number of benzene rings is 1. The topological polar surface area (TPSA) is 68.0 Å². The molecule has 19 heavy (non-hydrogen) atoms. The van der Waals surface area contributed by atoms with Crippen molar-refractivity contribution in [3.8, 4) is 0 Å². The van der Waals surface area contributed by atoms with Gasteiger partial charge in [-0.3, -0.25) is 4.79 Å². The summed E-state index contributed by atoms with van der Waals surface area (Å²) in [7, 11) is 0. The van der Waals surface area contributed by atoms with Gasteiger partial charge in [0, 0.05) is 30.5 Å². The molecule has 0 saturated carbocycles. The van der Waals surface area contributed by atoms with Crippen LogP contribution in [0.15, 0.2) is 18.2 Å². The zero-order valence-corrected chi connectivity index (χ0v) is 12.2. The minimum absolute atomic E-state index is 0.0147. The fraction of sp³-hybridized carbons (Fsp3) is 0.385. The van der Waals surface area contributed by atoms with E-state index in [2.05, 4.69) is 10.3 Å². The number of hydrogen-bond donors (Lipinski definition) is 2.